The summed E-state index contributed by atoms with van der Waals surface area (Å²) in [5, 5.41) is 15.3. The van der Waals surface area contributed by atoms with E-state index in [0.717, 1.165) is 32.9 Å². The van der Waals surface area contributed by atoms with E-state index in [9.17, 15) is 4.79 Å². The number of fused-ring (bicyclic) bond motifs is 1. The number of aryl methyl sites for hydroxylation is 1. The van der Waals surface area contributed by atoms with Crippen LogP contribution in [-0.4, -0.2) is 26.1 Å². The number of aromatic amines is 1. The van der Waals surface area contributed by atoms with Crippen molar-refractivity contribution < 1.29 is 4.79 Å². The van der Waals surface area contributed by atoms with Crippen LogP contribution in [0.3, 0.4) is 0 Å². The Kier molecular flexibility index (Phi) is 5.65. The van der Waals surface area contributed by atoms with Crippen molar-refractivity contribution in [3.63, 3.8) is 0 Å². The van der Waals surface area contributed by atoms with E-state index in [2.05, 4.69) is 30.8 Å². The summed E-state index contributed by atoms with van der Waals surface area (Å²) in [5.41, 5.74) is 4.68. The molecule has 0 aliphatic heterocycles. The van der Waals surface area contributed by atoms with Gasteiger partial charge in [-0.1, -0.05) is 18.2 Å². The highest BCUT2D eigenvalue weighted by Crippen LogP contribution is 2.27. The van der Waals surface area contributed by atoms with Crippen molar-refractivity contribution in [3.05, 3.63) is 94.9 Å². The number of carbonyl (C=O) groups is 1. The predicted octanol–water partition coefficient (Wildman–Crippen LogP) is 5.89. The number of pyridine rings is 1. The van der Waals surface area contributed by atoms with Gasteiger partial charge in [0.05, 0.1) is 28.2 Å². The van der Waals surface area contributed by atoms with E-state index >= 15 is 0 Å². The molecule has 2 aromatic carbocycles. The molecule has 0 bridgehead atoms. The molecule has 0 radical (unpaired) electrons. The third kappa shape index (κ3) is 4.65. The minimum atomic E-state index is -0.211. The van der Waals surface area contributed by atoms with Crippen LogP contribution >= 0.6 is 11.3 Å². The van der Waals surface area contributed by atoms with Gasteiger partial charge in [0.25, 0.3) is 5.91 Å². The summed E-state index contributed by atoms with van der Waals surface area (Å²) >= 11 is 1.44. The van der Waals surface area contributed by atoms with Gasteiger partial charge >= 0.3 is 0 Å². The number of H-pyrrole nitrogens is 1. The first-order chi connectivity index (χ1) is 16.2. The smallest absolute Gasteiger partial charge is 0.259 e. The lowest BCUT2D eigenvalue weighted by molar-refractivity contribution is 0.102. The summed E-state index contributed by atoms with van der Waals surface area (Å²) < 4.78 is 0. The number of aromatic nitrogens is 4. The Bertz CT molecular complexity index is 1450. The molecule has 0 aliphatic rings. The summed E-state index contributed by atoms with van der Waals surface area (Å²) in [5.74, 6) is -0.211. The summed E-state index contributed by atoms with van der Waals surface area (Å²) in [4.78, 5) is 22.4. The van der Waals surface area contributed by atoms with Crippen molar-refractivity contribution in [2.24, 2.45) is 0 Å². The Balaban J connectivity index is 1.37. The van der Waals surface area contributed by atoms with Crippen molar-refractivity contribution in [1.82, 2.24) is 20.2 Å². The zero-order valence-electron chi connectivity index (χ0n) is 17.7. The van der Waals surface area contributed by atoms with E-state index in [1.165, 1.54) is 11.3 Å². The molecule has 3 heterocycles. The highest BCUT2D eigenvalue weighted by Gasteiger charge is 2.13. The van der Waals surface area contributed by atoms with Crippen LogP contribution < -0.4 is 10.6 Å². The first-order valence-electron chi connectivity index (χ1n) is 10.3. The molecule has 33 heavy (non-hydrogen) atoms. The summed E-state index contributed by atoms with van der Waals surface area (Å²) in [6.07, 6.45) is 7.37. The average molecular weight is 453 g/mol. The van der Waals surface area contributed by atoms with Crippen LogP contribution in [0.25, 0.3) is 23.1 Å². The molecule has 0 saturated carbocycles. The number of benzene rings is 2. The van der Waals surface area contributed by atoms with Crippen LogP contribution in [0.2, 0.25) is 0 Å². The van der Waals surface area contributed by atoms with E-state index in [1.54, 1.807) is 18.5 Å². The lowest BCUT2D eigenvalue weighted by Crippen LogP contribution is -2.13. The SMILES string of the molecule is Cc1cnc(NC(=O)c2ccccc2Nc2ccc3c(/C=C/c4ccccn4)n[nH]c3c2)s1. The van der Waals surface area contributed by atoms with Crippen molar-refractivity contribution >= 4 is 56.8 Å². The quantitative estimate of drug-likeness (QED) is 0.299. The van der Waals surface area contributed by atoms with E-state index in [4.69, 9.17) is 0 Å². The lowest BCUT2D eigenvalue weighted by Gasteiger charge is -2.11. The molecule has 1 amide bonds. The monoisotopic (exact) mass is 452 g/mol. The molecule has 7 nitrogen and oxygen atoms in total. The van der Waals surface area contributed by atoms with Crippen LogP contribution in [0.4, 0.5) is 16.5 Å². The number of rotatable bonds is 6. The Morgan fingerprint density at radius 2 is 1.91 bits per heavy atom. The number of anilines is 3. The molecule has 0 atom stereocenters. The van der Waals surface area contributed by atoms with Crippen molar-refractivity contribution in [2.45, 2.75) is 6.92 Å². The maximum absolute atomic E-state index is 12.8. The number of nitrogens with one attached hydrogen (secondary N) is 3. The zero-order chi connectivity index (χ0) is 22.6. The van der Waals surface area contributed by atoms with Gasteiger partial charge in [-0.25, -0.2) is 4.98 Å². The van der Waals surface area contributed by atoms with Gasteiger partial charge in [0.15, 0.2) is 5.13 Å². The van der Waals surface area contributed by atoms with Gasteiger partial charge in [0.1, 0.15) is 0 Å². The Hall–Kier alpha value is -4.30. The molecule has 162 valence electrons. The zero-order valence-corrected chi connectivity index (χ0v) is 18.6. The molecule has 5 rings (SSSR count). The van der Waals surface area contributed by atoms with Crippen LogP contribution in [0.15, 0.2) is 73.1 Å². The Morgan fingerprint density at radius 3 is 2.73 bits per heavy atom. The van der Waals surface area contributed by atoms with Gasteiger partial charge in [0.2, 0.25) is 0 Å². The highest BCUT2D eigenvalue weighted by molar-refractivity contribution is 7.15. The minimum absolute atomic E-state index is 0.211. The second-order valence-corrected chi connectivity index (χ2v) is 8.59. The molecular weight excluding hydrogens is 432 g/mol. The fourth-order valence-corrected chi connectivity index (χ4v) is 4.07. The molecule has 3 N–H and O–H groups in total. The molecule has 0 spiro atoms. The lowest BCUT2D eigenvalue weighted by atomic mass is 10.1. The number of hydrogen-bond acceptors (Lipinski definition) is 6. The van der Waals surface area contributed by atoms with Gasteiger partial charge < -0.3 is 5.32 Å². The van der Waals surface area contributed by atoms with Gasteiger partial charge in [-0.3, -0.25) is 20.2 Å². The van der Waals surface area contributed by atoms with E-state index in [1.807, 2.05) is 73.7 Å². The summed E-state index contributed by atoms with van der Waals surface area (Å²) in [6.45, 7) is 1.95. The second-order valence-electron chi connectivity index (χ2n) is 7.36. The van der Waals surface area contributed by atoms with Gasteiger partial charge in [-0.2, -0.15) is 5.10 Å². The topological polar surface area (TPSA) is 95.6 Å². The predicted molar refractivity (Wildman–Crippen MR) is 134 cm³/mol. The minimum Gasteiger partial charge on any atom is -0.355 e. The summed E-state index contributed by atoms with van der Waals surface area (Å²) in [7, 11) is 0. The van der Waals surface area contributed by atoms with Crippen LogP contribution in [0.5, 0.6) is 0 Å². The highest BCUT2D eigenvalue weighted by atomic mass is 32.1. The third-order valence-corrected chi connectivity index (χ3v) is 5.81. The van der Waals surface area contributed by atoms with E-state index < -0.39 is 0 Å². The van der Waals surface area contributed by atoms with Crippen LogP contribution in [-0.2, 0) is 0 Å². The number of para-hydroxylation sites is 1. The standard InChI is InChI=1S/C25H20N6OS/c1-16-15-27-25(33-16)29-24(32)20-7-2-3-8-21(20)28-18-9-11-19-22(30-31-23(19)14-18)12-10-17-6-4-5-13-26-17/h2-15,28H,1H3,(H,30,31)(H,27,29,32)/b12-10+. The maximum atomic E-state index is 12.8. The first kappa shape index (κ1) is 20.6. The third-order valence-electron chi connectivity index (χ3n) is 4.98. The largest absolute Gasteiger partial charge is 0.355 e. The first-order valence-corrected chi connectivity index (χ1v) is 11.1. The maximum Gasteiger partial charge on any atom is 0.259 e. The van der Waals surface area contributed by atoms with E-state index in [0.29, 0.717) is 16.4 Å². The molecule has 0 aliphatic carbocycles. The number of amides is 1. The molecule has 0 fully saturated rings. The molecule has 5 aromatic rings. The fourth-order valence-electron chi connectivity index (χ4n) is 3.41. The molecule has 3 aromatic heterocycles. The van der Waals surface area contributed by atoms with E-state index in [-0.39, 0.29) is 5.91 Å². The van der Waals surface area contributed by atoms with Crippen LogP contribution in [0.1, 0.15) is 26.6 Å². The molecule has 0 unspecified atom stereocenters. The van der Waals surface area contributed by atoms with Crippen molar-refractivity contribution in [3.8, 4) is 0 Å². The van der Waals surface area contributed by atoms with Gasteiger partial charge in [0, 0.05) is 28.3 Å². The average Bonchev–Trinajstić information content (AvgIpc) is 3.44. The van der Waals surface area contributed by atoms with Crippen molar-refractivity contribution in [1.29, 1.82) is 0 Å². The number of hydrogen-bond donors (Lipinski definition) is 3. The van der Waals surface area contributed by atoms with Crippen LogP contribution in [0, 0.1) is 6.92 Å². The van der Waals surface area contributed by atoms with Gasteiger partial charge in [-0.05, 0) is 61.5 Å². The second kappa shape index (κ2) is 9.05. The fraction of sp³-hybridized carbons (Fsp3) is 0.0400. The number of nitrogens with zero attached hydrogens (tertiary/aromatic N) is 3. The molecular formula is C25H20N6OS. The number of thiazole rings is 1. The Labute approximate surface area is 194 Å². The summed E-state index contributed by atoms with van der Waals surface area (Å²) in [6, 6.07) is 19.1. The molecule has 0 saturated heterocycles. The normalized spacial score (nSPS) is 11.2. The number of carbonyl (C=O) groups excluding carboxylic acids is 1. The molecule has 8 heteroatoms. The van der Waals surface area contributed by atoms with Gasteiger partial charge in [-0.15, -0.1) is 11.3 Å². The Morgan fingerprint density at radius 1 is 1.03 bits per heavy atom. The van der Waals surface area contributed by atoms with Crippen molar-refractivity contribution in [2.75, 3.05) is 10.6 Å².